The molecule has 16 heavy (non-hydrogen) atoms. The molecule has 1 aliphatic carbocycles. The van der Waals surface area contributed by atoms with Crippen molar-refractivity contribution in [1.29, 1.82) is 0 Å². The van der Waals surface area contributed by atoms with Crippen molar-refractivity contribution in [2.75, 3.05) is 12.3 Å². The molecule has 2 atom stereocenters. The van der Waals surface area contributed by atoms with Crippen LogP contribution in [-0.4, -0.2) is 29.1 Å². The van der Waals surface area contributed by atoms with E-state index < -0.39 is 0 Å². The Morgan fingerprint density at radius 2 is 2.06 bits per heavy atom. The van der Waals surface area contributed by atoms with Crippen molar-refractivity contribution >= 4 is 18.5 Å². The highest BCUT2D eigenvalue weighted by Crippen LogP contribution is 2.50. The van der Waals surface area contributed by atoms with Crippen LogP contribution in [0, 0.1) is 11.3 Å². The van der Waals surface area contributed by atoms with Crippen LogP contribution in [0.15, 0.2) is 0 Å². The maximum Gasteiger partial charge on any atom is 0.223 e. The maximum atomic E-state index is 12.3. The van der Waals surface area contributed by atoms with Gasteiger partial charge >= 0.3 is 0 Å². The van der Waals surface area contributed by atoms with Gasteiger partial charge in [0.2, 0.25) is 5.91 Å². The molecule has 0 bridgehead atoms. The zero-order valence-electron chi connectivity index (χ0n) is 10.4. The third-order valence-corrected chi connectivity index (χ3v) is 4.93. The third kappa shape index (κ3) is 2.55. The third-order valence-electron chi connectivity index (χ3n) is 4.26. The number of carbonyl (C=O) groups is 1. The molecule has 2 fully saturated rings. The number of piperidine rings is 1. The average molecular weight is 241 g/mol. The van der Waals surface area contributed by atoms with Crippen LogP contribution >= 0.6 is 12.6 Å². The lowest BCUT2D eigenvalue weighted by atomic mass is 9.93. The maximum absolute atomic E-state index is 12.3. The topological polar surface area (TPSA) is 20.3 Å². The van der Waals surface area contributed by atoms with E-state index in [1.54, 1.807) is 0 Å². The molecule has 3 heteroatoms. The lowest BCUT2D eigenvalue weighted by Gasteiger charge is -2.37. The van der Waals surface area contributed by atoms with Crippen LogP contribution in [0.5, 0.6) is 0 Å². The SMILES string of the molecule is CC1CCC(C)N(C(=O)CC2(CS)CC2)C1. The highest BCUT2D eigenvalue weighted by molar-refractivity contribution is 7.80. The molecule has 2 unspecified atom stereocenters. The molecule has 1 heterocycles. The summed E-state index contributed by atoms with van der Waals surface area (Å²) in [6.07, 6.45) is 5.55. The number of amides is 1. The molecule has 1 saturated heterocycles. The van der Waals surface area contributed by atoms with Crippen LogP contribution in [0.2, 0.25) is 0 Å². The summed E-state index contributed by atoms with van der Waals surface area (Å²) in [6, 6.07) is 0.444. The van der Waals surface area contributed by atoms with Gasteiger partial charge in [0, 0.05) is 19.0 Å². The van der Waals surface area contributed by atoms with E-state index in [1.165, 1.54) is 25.7 Å². The van der Waals surface area contributed by atoms with Crippen LogP contribution in [0.25, 0.3) is 0 Å². The Hall–Kier alpha value is -0.180. The lowest BCUT2D eigenvalue weighted by Crippen LogP contribution is -2.45. The van der Waals surface area contributed by atoms with Crippen molar-refractivity contribution < 1.29 is 4.79 Å². The second kappa shape index (κ2) is 4.59. The van der Waals surface area contributed by atoms with Gasteiger partial charge in [-0.1, -0.05) is 6.92 Å². The fourth-order valence-corrected chi connectivity index (χ4v) is 3.05. The largest absolute Gasteiger partial charge is 0.340 e. The van der Waals surface area contributed by atoms with Gasteiger partial charge in [0.1, 0.15) is 0 Å². The van der Waals surface area contributed by atoms with Crippen molar-refractivity contribution in [1.82, 2.24) is 4.90 Å². The van der Waals surface area contributed by atoms with E-state index in [4.69, 9.17) is 0 Å². The van der Waals surface area contributed by atoms with E-state index in [0.29, 0.717) is 17.9 Å². The van der Waals surface area contributed by atoms with Gasteiger partial charge in [-0.15, -0.1) is 0 Å². The van der Waals surface area contributed by atoms with Crippen LogP contribution in [0.4, 0.5) is 0 Å². The number of nitrogens with zero attached hydrogens (tertiary/aromatic N) is 1. The number of rotatable bonds is 3. The molecule has 2 nitrogen and oxygen atoms in total. The molecule has 92 valence electrons. The first-order chi connectivity index (χ1) is 7.56. The van der Waals surface area contributed by atoms with Crippen LogP contribution < -0.4 is 0 Å². The summed E-state index contributed by atoms with van der Waals surface area (Å²) in [6.45, 7) is 5.39. The monoisotopic (exact) mass is 241 g/mol. The molecule has 2 rings (SSSR count). The Morgan fingerprint density at radius 1 is 1.38 bits per heavy atom. The van der Waals surface area contributed by atoms with Gasteiger partial charge in [-0.2, -0.15) is 12.6 Å². The van der Waals surface area contributed by atoms with Crippen molar-refractivity contribution in [3.8, 4) is 0 Å². The predicted octanol–water partition coefficient (Wildman–Crippen LogP) is 2.73. The zero-order chi connectivity index (χ0) is 11.8. The van der Waals surface area contributed by atoms with Crippen molar-refractivity contribution in [3.05, 3.63) is 0 Å². The summed E-state index contributed by atoms with van der Waals surface area (Å²) >= 11 is 4.37. The Labute approximate surface area is 104 Å². The number of hydrogen-bond donors (Lipinski definition) is 1. The van der Waals surface area contributed by atoms with E-state index in [1.807, 2.05) is 0 Å². The van der Waals surface area contributed by atoms with Gasteiger partial charge < -0.3 is 4.90 Å². The first-order valence-electron chi connectivity index (χ1n) is 6.47. The van der Waals surface area contributed by atoms with Gasteiger partial charge in [-0.3, -0.25) is 4.79 Å². The molecule has 0 aromatic heterocycles. The van der Waals surface area contributed by atoms with Gasteiger partial charge in [0.15, 0.2) is 0 Å². The zero-order valence-corrected chi connectivity index (χ0v) is 11.3. The minimum atomic E-state index is 0.264. The first-order valence-corrected chi connectivity index (χ1v) is 7.10. The first kappa shape index (κ1) is 12.3. The van der Waals surface area contributed by atoms with Crippen molar-refractivity contribution in [2.45, 2.75) is 52.0 Å². The number of likely N-dealkylation sites (tertiary alicyclic amines) is 1. The van der Waals surface area contributed by atoms with E-state index >= 15 is 0 Å². The van der Waals surface area contributed by atoms with E-state index in [2.05, 4.69) is 31.4 Å². The van der Waals surface area contributed by atoms with Gasteiger partial charge in [-0.05, 0) is 49.7 Å². The molecule has 0 aromatic rings. The lowest BCUT2D eigenvalue weighted by molar-refractivity contribution is -0.136. The van der Waals surface area contributed by atoms with Crippen LogP contribution in [0.1, 0.15) is 46.0 Å². The summed E-state index contributed by atoms with van der Waals surface area (Å²) in [4.78, 5) is 14.4. The smallest absolute Gasteiger partial charge is 0.223 e. The molecule has 0 radical (unpaired) electrons. The molecule has 2 aliphatic rings. The van der Waals surface area contributed by atoms with E-state index in [0.717, 1.165) is 18.7 Å². The fraction of sp³-hybridized carbons (Fsp3) is 0.923. The number of thiol groups is 1. The highest BCUT2D eigenvalue weighted by atomic mass is 32.1. The Morgan fingerprint density at radius 3 is 2.62 bits per heavy atom. The molecule has 0 spiro atoms. The molecule has 1 amide bonds. The quantitative estimate of drug-likeness (QED) is 0.753. The molecular weight excluding hydrogens is 218 g/mol. The minimum Gasteiger partial charge on any atom is -0.340 e. The molecule has 0 N–H and O–H groups in total. The van der Waals surface area contributed by atoms with E-state index in [9.17, 15) is 4.79 Å². The Balaban J connectivity index is 1.92. The second-order valence-electron chi connectivity index (χ2n) is 5.91. The van der Waals surface area contributed by atoms with Crippen LogP contribution in [-0.2, 0) is 4.79 Å². The minimum absolute atomic E-state index is 0.264. The predicted molar refractivity (Wildman–Crippen MR) is 69.7 cm³/mol. The Kier molecular flexibility index (Phi) is 3.53. The average Bonchev–Trinajstić information content (AvgIpc) is 3.02. The summed E-state index contributed by atoms with van der Waals surface area (Å²) in [5.41, 5.74) is 0.264. The summed E-state index contributed by atoms with van der Waals surface area (Å²) in [5, 5.41) is 0. The summed E-state index contributed by atoms with van der Waals surface area (Å²) in [7, 11) is 0. The van der Waals surface area contributed by atoms with Crippen molar-refractivity contribution in [2.24, 2.45) is 11.3 Å². The standard InChI is InChI=1S/C13H23NOS/c1-10-3-4-11(2)14(8-10)12(15)7-13(9-16)5-6-13/h10-11,16H,3-9H2,1-2H3. The number of hydrogen-bond acceptors (Lipinski definition) is 2. The van der Waals surface area contributed by atoms with E-state index in [-0.39, 0.29) is 5.41 Å². The summed E-state index contributed by atoms with van der Waals surface area (Å²) < 4.78 is 0. The Bertz CT molecular complexity index is 275. The second-order valence-corrected chi connectivity index (χ2v) is 6.23. The molecule has 1 aliphatic heterocycles. The molecular formula is C13H23NOS. The molecule has 1 saturated carbocycles. The fourth-order valence-electron chi connectivity index (χ4n) is 2.63. The van der Waals surface area contributed by atoms with Gasteiger partial charge in [0.25, 0.3) is 0 Å². The van der Waals surface area contributed by atoms with Crippen molar-refractivity contribution in [3.63, 3.8) is 0 Å². The normalized spacial score (nSPS) is 32.6. The highest BCUT2D eigenvalue weighted by Gasteiger charge is 2.44. The van der Waals surface area contributed by atoms with Gasteiger partial charge in [-0.25, -0.2) is 0 Å². The van der Waals surface area contributed by atoms with Gasteiger partial charge in [0.05, 0.1) is 0 Å². The number of carbonyl (C=O) groups excluding carboxylic acids is 1. The van der Waals surface area contributed by atoms with Crippen LogP contribution in [0.3, 0.4) is 0 Å². The summed E-state index contributed by atoms with van der Waals surface area (Å²) in [5.74, 6) is 1.91. The molecule has 0 aromatic carbocycles.